The Kier molecular flexibility index (Phi) is 4.32. The van der Waals surface area contributed by atoms with Gasteiger partial charge in [0.1, 0.15) is 0 Å². The molecule has 0 atom stereocenters. The lowest BCUT2D eigenvalue weighted by molar-refractivity contribution is 0.0965. The molecule has 17 heavy (non-hydrogen) atoms. The summed E-state index contributed by atoms with van der Waals surface area (Å²) in [5.74, 6) is 1.04. The van der Waals surface area contributed by atoms with Gasteiger partial charge in [0.15, 0.2) is 5.78 Å². The zero-order valence-corrected chi connectivity index (χ0v) is 10.6. The second-order valence-corrected chi connectivity index (χ2v) is 5.07. The zero-order chi connectivity index (χ0) is 12.1. The molecule has 1 aromatic rings. The number of piperidine rings is 1. The van der Waals surface area contributed by atoms with Crippen molar-refractivity contribution >= 4 is 5.78 Å². The van der Waals surface area contributed by atoms with Crippen LogP contribution in [0.1, 0.15) is 36.0 Å². The Bertz CT molecular complexity index is 352. The van der Waals surface area contributed by atoms with Gasteiger partial charge in [-0.05, 0) is 45.3 Å². The fraction of sp³-hybridized carbons (Fsp3) is 0.533. The summed E-state index contributed by atoms with van der Waals surface area (Å²) < 4.78 is 0. The monoisotopic (exact) mass is 231 g/mol. The van der Waals surface area contributed by atoms with Crippen molar-refractivity contribution in [3.8, 4) is 0 Å². The number of nitrogens with zero attached hydrogens (tertiary/aromatic N) is 1. The molecule has 0 aromatic heterocycles. The summed E-state index contributed by atoms with van der Waals surface area (Å²) in [6, 6.07) is 9.65. The molecule has 0 bridgehead atoms. The van der Waals surface area contributed by atoms with Gasteiger partial charge in [0.25, 0.3) is 0 Å². The molecule has 1 fully saturated rings. The van der Waals surface area contributed by atoms with Crippen molar-refractivity contribution < 1.29 is 4.79 Å². The number of carbonyl (C=O) groups excluding carboxylic acids is 1. The zero-order valence-electron chi connectivity index (χ0n) is 10.6. The van der Waals surface area contributed by atoms with Gasteiger partial charge in [-0.25, -0.2) is 0 Å². The lowest BCUT2D eigenvalue weighted by Gasteiger charge is -2.28. The summed E-state index contributed by atoms with van der Waals surface area (Å²) in [4.78, 5) is 14.3. The van der Waals surface area contributed by atoms with E-state index in [9.17, 15) is 4.79 Å². The average molecular weight is 231 g/mol. The standard InChI is InChI=1S/C15H21NO/c1-16-11-9-13(10-12-16)7-8-15(17)14-5-3-2-4-6-14/h2-6,13H,7-12H2,1H3. The average Bonchev–Trinajstić information content (AvgIpc) is 2.39. The van der Waals surface area contributed by atoms with Crippen LogP contribution in [0.15, 0.2) is 30.3 Å². The summed E-state index contributed by atoms with van der Waals surface area (Å²) in [5, 5.41) is 0. The van der Waals surface area contributed by atoms with E-state index in [1.54, 1.807) is 0 Å². The Balaban J connectivity index is 1.77. The fourth-order valence-corrected chi connectivity index (χ4v) is 2.45. The molecule has 92 valence electrons. The molecule has 0 unspecified atom stereocenters. The third-order valence-corrected chi connectivity index (χ3v) is 3.71. The van der Waals surface area contributed by atoms with Crippen LogP contribution in [0, 0.1) is 5.92 Å². The number of Topliss-reactive ketones (excluding diaryl/α,β-unsaturated/α-hetero) is 1. The maximum Gasteiger partial charge on any atom is 0.162 e. The van der Waals surface area contributed by atoms with Crippen LogP contribution in [-0.2, 0) is 0 Å². The Morgan fingerprint density at radius 1 is 1.24 bits per heavy atom. The van der Waals surface area contributed by atoms with Gasteiger partial charge in [0, 0.05) is 12.0 Å². The topological polar surface area (TPSA) is 20.3 Å². The summed E-state index contributed by atoms with van der Waals surface area (Å²) in [7, 11) is 2.17. The fourth-order valence-electron chi connectivity index (χ4n) is 2.45. The SMILES string of the molecule is CN1CCC(CCC(=O)c2ccccc2)CC1. The summed E-state index contributed by atoms with van der Waals surface area (Å²) in [6.07, 6.45) is 4.26. The van der Waals surface area contributed by atoms with Gasteiger partial charge < -0.3 is 4.90 Å². The van der Waals surface area contributed by atoms with Crippen LogP contribution in [0.3, 0.4) is 0 Å². The van der Waals surface area contributed by atoms with Crippen LogP contribution < -0.4 is 0 Å². The van der Waals surface area contributed by atoms with Gasteiger partial charge in [-0.1, -0.05) is 30.3 Å². The number of carbonyl (C=O) groups is 1. The minimum Gasteiger partial charge on any atom is -0.306 e. The van der Waals surface area contributed by atoms with E-state index >= 15 is 0 Å². The third kappa shape index (κ3) is 3.67. The number of rotatable bonds is 4. The van der Waals surface area contributed by atoms with Crippen LogP contribution in [-0.4, -0.2) is 30.8 Å². The minimum absolute atomic E-state index is 0.296. The molecule has 2 nitrogen and oxygen atoms in total. The van der Waals surface area contributed by atoms with Gasteiger partial charge in [0.05, 0.1) is 0 Å². The van der Waals surface area contributed by atoms with Crippen molar-refractivity contribution in [3.05, 3.63) is 35.9 Å². The maximum atomic E-state index is 11.9. The van der Waals surface area contributed by atoms with Crippen molar-refractivity contribution in [2.75, 3.05) is 20.1 Å². The van der Waals surface area contributed by atoms with Crippen molar-refractivity contribution in [2.45, 2.75) is 25.7 Å². The van der Waals surface area contributed by atoms with Crippen LogP contribution in [0.4, 0.5) is 0 Å². The second-order valence-electron chi connectivity index (χ2n) is 5.07. The first-order valence-electron chi connectivity index (χ1n) is 6.52. The molecule has 2 rings (SSSR count). The maximum absolute atomic E-state index is 11.9. The van der Waals surface area contributed by atoms with E-state index in [2.05, 4.69) is 11.9 Å². The number of ketones is 1. The molecule has 0 N–H and O–H groups in total. The van der Waals surface area contributed by atoms with Crippen molar-refractivity contribution in [1.29, 1.82) is 0 Å². The molecule has 1 aliphatic heterocycles. The van der Waals surface area contributed by atoms with E-state index in [-0.39, 0.29) is 0 Å². The molecule has 1 saturated heterocycles. The first kappa shape index (κ1) is 12.3. The predicted molar refractivity (Wildman–Crippen MR) is 70.2 cm³/mol. The smallest absolute Gasteiger partial charge is 0.162 e. The van der Waals surface area contributed by atoms with Crippen LogP contribution >= 0.6 is 0 Å². The first-order valence-corrected chi connectivity index (χ1v) is 6.52. The first-order chi connectivity index (χ1) is 8.25. The van der Waals surface area contributed by atoms with Gasteiger partial charge in [-0.2, -0.15) is 0 Å². The molecule has 0 amide bonds. The number of hydrogen-bond acceptors (Lipinski definition) is 2. The van der Waals surface area contributed by atoms with E-state index in [1.165, 1.54) is 25.9 Å². The molecular formula is C15H21NO. The lowest BCUT2D eigenvalue weighted by atomic mass is 9.90. The highest BCUT2D eigenvalue weighted by atomic mass is 16.1. The molecule has 1 aromatic carbocycles. The third-order valence-electron chi connectivity index (χ3n) is 3.71. The molecule has 0 saturated carbocycles. The molecule has 0 aliphatic carbocycles. The summed E-state index contributed by atoms with van der Waals surface area (Å²) >= 11 is 0. The Morgan fingerprint density at radius 2 is 1.88 bits per heavy atom. The van der Waals surface area contributed by atoms with Crippen molar-refractivity contribution in [2.24, 2.45) is 5.92 Å². The van der Waals surface area contributed by atoms with Crippen LogP contribution in [0.25, 0.3) is 0 Å². The van der Waals surface area contributed by atoms with Crippen molar-refractivity contribution in [1.82, 2.24) is 4.90 Å². The number of likely N-dealkylation sites (tertiary alicyclic amines) is 1. The highest BCUT2D eigenvalue weighted by Gasteiger charge is 2.17. The molecule has 2 heteroatoms. The van der Waals surface area contributed by atoms with Crippen LogP contribution in [0.2, 0.25) is 0 Å². The Hall–Kier alpha value is -1.15. The van der Waals surface area contributed by atoms with E-state index in [0.717, 1.165) is 17.9 Å². The van der Waals surface area contributed by atoms with Crippen molar-refractivity contribution in [3.63, 3.8) is 0 Å². The minimum atomic E-state index is 0.296. The molecular weight excluding hydrogens is 210 g/mol. The van der Waals surface area contributed by atoms with E-state index < -0.39 is 0 Å². The summed E-state index contributed by atoms with van der Waals surface area (Å²) in [6.45, 7) is 2.37. The normalized spacial score (nSPS) is 18.2. The quantitative estimate of drug-likeness (QED) is 0.742. The Morgan fingerprint density at radius 3 is 2.53 bits per heavy atom. The highest BCUT2D eigenvalue weighted by molar-refractivity contribution is 5.95. The molecule has 0 spiro atoms. The largest absolute Gasteiger partial charge is 0.306 e. The van der Waals surface area contributed by atoms with Gasteiger partial charge in [0.2, 0.25) is 0 Å². The molecule has 1 aliphatic rings. The van der Waals surface area contributed by atoms with Gasteiger partial charge in [-0.15, -0.1) is 0 Å². The molecule has 0 radical (unpaired) electrons. The lowest BCUT2D eigenvalue weighted by Crippen LogP contribution is -2.30. The summed E-state index contributed by atoms with van der Waals surface area (Å²) in [5.41, 5.74) is 0.862. The van der Waals surface area contributed by atoms with Crippen LogP contribution in [0.5, 0.6) is 0 Å². The number of hydrogen-bond donors (Lipinski definition) is 0. The Labute approximate surface area is 104 Å². The molecule has 1 heterocycles. The highest BCUT2D eigenvalue weighted by Crippen LogP contribution is 2.21. The predicted octanol–water partition coefficient (Wildman–Crippen LogP) is 2.99. The van der Waals surface area contributed by atoms with E-state index in [1.807, 2.05) is 30.3 Å². The van der Waals surface area contributed by atoms with E-state index in [0.29, 0.717) is 12.2 Å². The van der Waals surface area contributed by atoms with Gasteiger partial charge in [-0.3, -0.25) is 4.79 Å². The number of benzene rings is 1. The van der Waals surface area contributed by atoms with E-state index in [4.69, 9.17) is 0 Å². The second kappa shape index (κ2) is 5.97. The van der Waals surface area contributed by atoms with Gasteiger partial charge >= 0.3 is 0 Å².